The topological polar surface area (TPSA) is 146 Å². The molecule has 1 aliphatic rings. The van der Waals surface area contributed by atoms with E-state index in [1.807, 2.05) is 93.0 Å². The molecule has 15 heteroatoms. The Morgan fingerprint density at radius 2 is 1.64 bits per heavy atom. The second kappa shape index (κ2) is 18.9. The number of sulfonamides is 1. The van der Waals surface area contributed by atoms with Crippen molar-refractivity contribution in [2.45, 2.75) is 28.8 Å². The monoisotopic (exact) mass is 832 g/mol. The number of hydrogen-bond donors (Lipinski definition) is 2. The Kier molecular flexibility index (Phi) is 13.3. The van der Waals surface area contributed by atoms with E-state index in [2.05, 4.69) is 52.9 Å². The molecular formula is C44H48N8O5S2. The van der Waals surface area contributed by atoms with Crippen LogP contribution in [0.4, 0.5) is 22.9 Å². The number of aromatic nitrogens is 2. The van der Waals surface area contributed by atoms with Crippen LogP contribution in [0.5, 0.6) is 5.75 Å². The molecule has 6 aromatic rings. The van der Waals surface area contributed by atoms with Crippen molar-refractivity contribution in [3.63, 3.8) is 0 Å². The predicted molar refractivity (Wildman–Crippen MR) is 237 cm³/mol. The van der Waals surface area contributed by atoms with Crippen LogP contribution in [0.3, 0.4) is 0 Å². The van der Waals surface area contributed by atoms with Crippen LogP contribution in [0.1, 0.15) is 12.0 Å². The average molecular weight is 833 g/mol. The van der Waals surface area contributed by atoms with E-state index in [1.165, 1.54) is 18.5 Å². The molecule has 1 aromatic heterocycles. The zero-order chi connectivity index (χ0) is 41.4. The number of nitro benzene ring substituents is 1. The lowest BCUT2D eigenvalue weighted by molar-refractivity contribution is -0.384. The van der Waals surface area contributed by atoms with Gasteiger partial charge in [0.15, 0.2) is 5.82 Å². The Morgan fingerprint density at radius 3 is 2.36 bits per heavy atom. The molecule has 0 spiro atoms. The smallest absolute Gasteiger partial charge is 0.293 e. The highest BCUT2D eigenvalue weighted by Gasteiger charge is 2.25. The molecule has 1 saturated heterocycles. The minimum Gasteiger partial charge on any atom is -0.496 e. The van der Waals surface area contributed by atoms with Crippen LogP contribution in [0.15, 0.2) is 131 Å². The first-order valence-electron chi connectivity index (χ1n) is 19.4. The Morgan fingerprint density at radius 1 is 0.898 bits per heavy atom. The van der Waals surface area contributed by atoms with E-state index in [4.69, 9.17) is 4.74 Å². The summed E-state index contributed by atoms with van der Waals surface area (Å²) in [6, 6.07) is 36.0. The number of thioether (sulfide) groups is 1. The maximum atomic E-state index is 13.8. The second-order valence-corrected chi connectivity index (χ2v) is 17.4. The number of nitrogens with zero attached hydrogens (tertiary/aromatic N) is 6. The fourth-order valence-electron chi connectivity index (χ4n) is 7.20. The average Bonchev–Trinajstić information content (AvgIpc) is 3.25. The van der Waals surface area contributed by atoms with Crippen LogP contribution in [0, 0.1) is 10.1 Å². The summed E-state index contributed by atoms with van der Waals surface area (Å²) in [6.07, 6.45) is 2.04. The number of fused-ring (bicyclic) bond motifs is 1. The number of methoxy groups -OCH3 is 1. The molecular weight excluding hydrogens is 785 g/mol. The molecule has 59 heavy (non-hydrogen) atoms. The van der Waals surface area contributed by atoms with E-state index in [9.17, 15) is 18.5 Å². The van der Waals surface area contributed by atoms with Crippen molar-refractivity contribution >= 4 is 55.6 Å². The van der Waals surface area contributed by atoms with Crippen molar-refractivity contribution in [3.8, 4) is 16.9 Å². The summed E-state index contributed by atoms with van der Waals surface area (Å²) in [5.74, 6) is 1.62. The van der Waals surface area contributed by atoms with Gasteiger partial charge in [-0.3, -0.25) is 19.7 Å². The highest BCUT2D eigenvalue weighted by Crippen LogP contribution is 2.34. The molecule has 0 amide bonds. The Hall–Kier alpha value is -5.74. The summed E-state index contributed by atoms with van der Waals surface area (Å²) in [5.41, 5.74) is 4.94. The third-order valence-electron chi connectivity index (χ3n) is 10.4. The first kappa shape index (κ1) is 41.4. The lowest BCUT2D eigenvalue weighted by Gasteiger charge is -2.36. The van der Waals surface area contributed by atoms with Gasteiger partial charge in [-0.2, -0.15) is 0 Å². The lowest BCUT2D eigenvalue weighted by atomic mass is 9.98. The van der Waals surface area contributed by atoms with Crippen molar-refractivity contribution in [2.24, 2.45) is 0 Å². The van der Waals surface area contributed by atoms with Gasteiger partial charge < -0.3 is 19.9 Å². The molecule has 306 valence electrons. The number of nitrogens with one attached hydrogen (secondary N) is 2. The third-order valence-corrected chi connectivity index (χ3v) is 12.9. The second-order valence-electron chi connectivity index (χ2n) is 14.6. The van der Waals surface area contributed by atoms with Crippen LogP contribution in [0.25, 0.3) is 22.0 Å². The maximum absolute atomic E-state index is 13.8. The summed E-state index contributed by atoms with van der Waals surface area (Å²) in [6.45, 7) is 4.77. The zero-order valence-electron chi connectivity index (χ0n) is 33.3. The van der Waals surface area contributed by atoms with Crippen LogP contribution in [0.2, 0.25) is 0 Å². The predicted octanol–water partition coefficient (Wildman–Crippen LogP) is 7.86. The number of rotatable bonds is 17. The summed E-state index contributed by atoms with van der Waals surface area (Å²) < 4.78 is 35.9. The van der Waals surface area contributed by atoms with E-state index >= 15 is 0 Å². The van der Waals surface area contributed by atoms with Crippen molar-refractivity contribution in [3.05, 3.63) is 137 Å². The highest BCUT2D eigenvalue weighted by molar-refractivity contribution is 7.99. The van der Waals surface area contributed by atoms with Crippen molar-refractivity contribution in [2.75, 3.05) is 74.6 Å². The SMILES string of the molecule is COc1cccc(-c2ccccc2)c1CN1CCN(c2ccc3c(NS(=O)(=O)c4ccc(NC(CCN(C)C)CSc5ccccc5)c([N+](=O)[O-])c4)ncnc3c2)CC1. The number of nitro groups is 1. The fraction of sp³-hybridized carbons (Fsp3) is 0.273. The van der Waals surface area contributed by atoms with E-state index < -0.39 is 14.9 Å². The molecule has 0 bridgehead atoms. The minimum atomic E-state index is -4.27. The molecule has 1 aliphatic heterocycles. The molecule has 7 rings (SSSR count). The molecule has 2 heterocycles. The summed E-state index contributed by atoms with van der Waals surface area (Å²) in [4.78, 5) is 28.1. The van der Waals surface area contributed by atoms with Crippen LogP contribution in [-0.2, 0) is 16.6 Å². The minimum absolute atomic E-state index is 0.0870. The van der Waals surface area contributed by atoms with Gasteiger partial charge in [-0.05, 0) is 86.7 Å². The first-order chi connectivity index (χ1) is 28.6. The number of ether oxygens (including phenoxy) is 1. The van der Waals surface area contributed by atoms with Crippen molar-refractivity contribution < 1.29 is 18.1 Å². The van der Waals surface area contributed by atoms with Gasteiger partial charge in [0.05, 0.1) is 22.4 Å². The molecule has 13 nitrogen and oxygen atoms in total. The standard InChI is InChI=1S/C44H48N8O5S2/c1-49(2)22-21-33(30-58-35-13-8-5-9-14-35)47-40-20-18-36(28-42(40)52(53)54)59(55,56)48-44-38-19-17-34(27-41(38)45-31-46-44)51-25-23-50(24-26-51)29-39-37(15-10-16-43(39)57-3)32-11-6-4-7-12-32/h4-20,27-28,31,33,47H,21-26,29-30H2,1-3H3,(H,45,46,48). The number of piperazine rings is 1. The molecule has 0 aliphatic carbocycles. The Labute approximate surface area is 349 Å². The van der Waals surface area contributed by atoms with Gasteiger partial charge in [-0.1, -0.05) is 60.7 Å². The molecule has 0 saturated carbocycles. The summed E-state index contributed by atoms with van der Waals surface area (Å²) in [5, 5.41) is 16.2. The fourth-order valence-corrected chi connectivity index (χ4v) is 9.24. The molecule has 1 fully saturated rings. The molecule has 2 N–H and O–H groups in total. The number of hydrogen-bond acceptors (Lipinski definition) is 12. The number of anilines is 3. The maximum Gasteiger partial charge on any atom is 0.293 e. The molecule has 1 unspecified atom stereocenters. The van der Waals surface area contributed by atoms with Gasteiger partial charge in [-0.25, -0.2) is 18.4 Å². The van der Waals surface area contributed by atoms with Crippen molar-refractivity contribution in [1.29, 1.82) is 0 Å². The number of benzene rings is 5. The van der Waals surface area contributed by atoms with Gasteiger partial charge in [0.2, 0.25) is 0 Å². The summed E-state index contributed by atoms with van der Waals surface area (Å²) >= 11 is 1.66. The highest BCUT2D eigenvalue weighted by atomic mass is 32.2. The Balaban J connectivity index is 1.03. The van der Waals surface area contributed by atoms with Crippen molar-refractivity contribution in [1.82, 2.24) is 19.8 Å². The summed E-state index contributed by atoms with van der Waals surface area (Å²) in [7, 11) is 1.40. The quantitative estimate of drug-likeness (QED) is 0.0524. The van der Waals surface area contributed by atoms with Gasteiger partial charge in [0.1, 0.15) is 17.8 Å². The van der Waals surface area contributed by atoms with Gasteiger partial charge >= 0.3 is 0 Å². The van der Waals surface area contributed by atoms with Crippen LogP contribution >= 0.6 is 11.8 Å². The van der Waals surface area contributed by atoms with E-state index in [-0.39, 0.29) is 28.1 Å². The molecule has 0 radical (unpaired) electrons. The van der Waals surface area contributed by atoms with Gasteiger partial charge in [0, 0.05) is 72.1 Å². The largest absolute Gasteiger partial charge is 0.496 e. The van der Waals surface area contributed by atoms with E-state index in [0.717, 1.165) is 84.8 Å². The zero-order valence-corrected chi connectivity index (χ0v) is 35.0. The van der Waals surface area contributed by atoms with Crippen LogP contribution in [-0.4, -0.2) is 98.8 Å². The molecule has 5 aromatic carbocycles. The lowest BCUT2D eigenvalue weighted by Crippen LogP contribution is -2.46. The first-order valence-corrected chi connectivity index (χ1v) is 21.9. The Bertz CT molecular complexity index is 2490. The van der Waals surface area contributed by atoms with E-state index in [1.54, 1.807) is 18.9 Å². The van der Waals surface area contributed by atoms with E-state index in [0.29, 0.717) is 16.7 Å². The molecule has 1 atom stereocenters. The van der Waals surface area contributed by atoms with Gasteiger partial charge in [-0.15, -0.1) is 11.8 Å². The third kappa shape index (κ3) is 10.3. The van der Waals surface area contributed by atoms with Crippen LogP contribution < -0.4 is 19.7 Å². The van der Waals surface area contributed by atoms with Gasteiger partial charge in [0.25, 0.3) is 15.7 Å². The normalized spacial score (nSPS) is 14.0.